The average Bonchev–Trinajstić information content (AvgIpc) is 2.77. The van der Waals surface area contributed by atoms with E-state index in [2.05, 4.69) is 4.74 Å². The maximum absolute atomic E-state index is 15.3. The van der Waals surface area contributed by atoms with Crippen molar-refractivity contribution in [3.8, 4) is 16.9 Å². The second-order valence-corrected chi connectivity index (χ2v) is 8.41. The topological polar surface area (TPSA) is 9.23 Å². The highest BCUT2D eigenvalue weighted by Crippen LogP contribution is 2.38. The predicted octanol–water partition coefficient (Wildman–Crippen LogP) is 8.33. The Labute approximate surface area is 197 Å². The summed E-state index contributed by atoms with van der Waals surface area (Å²) in [7, 11) is 0. The molecule has 0 saturated carbocycles. The van der Waals surface area contributed by atoms with Crippen LogP contribution in [0.3, 0.4) is 0 Å². The van der Waals surface area contributed by atoms with Crippen LogP contribution in [-0.4, -0.2) is 6.36 Å². The minimum Gasteiger partial charge on any atom is -0.406 e. The monoisotopic (exact) mass is 494 g/mol. The summed E-state index contributed by atoms with van der Waals surface area (Å²) < 4.78 is 101. The number of alkyl halides is 3. The third kappa shape index (κ3) is 5.36. The van der Waals surface area contributed by atoms with E-state index < -0.39 is 40.9 Å². The number of aryl methyl sites for hydroxylation is 1. The minimum absolute atomic E-state index is 0.0183. The summed E-state index contributed by atoms with van der Waals surface area (Å²) in [5, 5.41) is 0. The fraction of sp³-hybridized carbons (Fsp3) is 0.259. The molecule has 1 aliphatic carbocycles. The largest absolute Gasteiger partial charge is 0.573 e. The number of unbranched alkanes of at least 4 members (excludes halogenated alkanes) is 1. The van der Waals surface area contributed by atoms with Crippen LogP contribution >= 0.6 is 0 Å². The highest BCUT2D eigenvalue weighted by Gasteiger charge is 2.31. The van der Waals surface area contributed by atoms with Crippen molar-refractivity contribution in [2.24, 2.45) is 0 Å². The molecular formula is C27H21F7O. The predicted molar refractivity (Wildman–Crippen MR) is 119 cm³/mol. The molecule has 1 nitrogen and oxygen atoms in total. The van der Waals surface area contributed by atoms with Crippen molar-refractivity contribution in [3.63, 3.8) is 0 Å². The van der Waals surface area contributed by atoms with Gasteiger partial charge in [0.15, 0.2) is 0 Å². The number of hydrogen-bond acceptors (Lipinski definition) is 1. The van der Waals surface area contributed by atoms with Gasteiger partial charge in [-0.25, -0.2) is 17.6 Å². The summed E-state index contributed by atoms with van der Waals surface area (Å²) in [4.78, 5) is 0. The van der Waals surface area contributed by atoms with Crippen molar-refractivity contribution in [2.45, 2.75) is 45.4 Å². The van der Waals surface area contributed by atoms with Gasteiger partial charge in [-0.05, 0) is 83.8 Å². The number of rotatable bonds is 6. The lowest BCUT2D eigenvalue weighted by Gasteiger charge is -2.21. The summed E-state index contributed by atoms with van der Waals surface area (Å²) in [6, 6.07) is 7.88. The number of ether oxygens (including phenoxy) is 1. The van der Waals surface area contributed by atoms with Crippen LogP contribution in [0.4, 0.5) is 30.7 Å². The van der Waals surface area contributed by atoms with Crippen molar-refractivity contribution in [1.82, 2.24) is 0 Å². The lowest BCUT2D eigenvalue weighted by atomic mass is 9.85. The molecule has 184 valence electrons. The van der Waals surface area contributed by atoms with Crippen LogP contribution in [0.25, 0.3) is 16.7 Å². The molecule has 0 fully saturated rings. The van der Waals surface area contributed by atoms with Crippen LogP contribution in [0.1, 0.15) is 42.0 Å². The van der Waals surface area contributed by atoms with Crippen molar-refractivity contribution in [3.05, 3.63) is 94.1 Å². The summed E-state index contributed by atoms with van der Waals surface area (Å²) >= 11 is 0. The molecule has 4 rings (SSSR count). The number of allylic oxidation sites excluding steroid dienone is 2. The first-order chi connectivity index (χ1) is 16.6. The number of hydrogen-bond donors (Lipinski definition) is 0. The molecule has 1 aliphatic rings. The zero-order valence-corrected chi connectivity index (χ0v) is 18.7. The molecule has 0 amide bonds. The third-order valence-corrected chi connectivity index (χ3v) is 5.96. The maximum Gasteiger partial charge on any atom is 0.573 e. The Balaban J connectivity index is 1.64. The first kappa shape index (κ1) is 24.8. The van der Waals surface area contributed by atoms with Crippen molar-refractivity contribution in [1.29, 1.82) is 0 Å². The molecule has 0 saturated heterocycles. The minimum atomic E-state index is -4.89. The van der Waals surface area contributed by atoms with Gasteiger partial charge in [-0.1, -0.05) is 31.6 Å². The zero-order chi connectivity index (χ0) is 25.3. The molecule has 0 aliphatic heterocycles. The Morgan fingerprint density at radius 2 is 1.49 bits per heavy atom. The van der Waals surface area contributed by atoms with Gasteiger partial charge in [-0.3, -0.25) is 0 Å². The lowest BCUT2D eigenvalue weighted by molar-refractivity contribution is -0.274. The maximum atomic E-state index is 15.3. The summed E-state index contributed by atoms with van der Waals surface area (Å²) in [5.41, 5.74) is 0.712. The Bertz CT molecular complexity index is 1250. The van der Waals surface area contributed by atoms with E-state index in [1.54, 1.807) is 0 Å². The van der Waals surface area contributed by atoms with Crippen molar-refractivity contribution < 1.29 is 35.5 Å². The van der Waals surface area contributed by atoms with Gasteiger partial charge in [0.05, 0.1) is 5.56 Å². The van der Waals surface area contributed by atoms with E-state index in [1.165, 1.54) is 18.2 Å². The number of halogens is 7. The van der Waals surface area contributed by atoms with Gasteiger partial charge in [0.2, 0.25) is 0 Å². The van der Waals surface area contributed by atoms with E-state index in [1.807, 2.05) is 6.92 Å². The van der Waals surface area contributed by atoms with E-state index in [0.29, 0.717) is 17.6 Å². The first-order valence-corrected chi connectivity index (χ1v) is 11.1. The molecule has 0 bridgehead atoms. The van der Waals surface area contributed by atoms with E-state index >= 15 is 4.39 Å². The Morgan fingerprint density at radius 1 is 0.857 bits per heavy atom. The number of benzene rings is 3. The SMILES string of the molecule is CCCCc1cc(F)c(C2=CCc3c(cc(F)c(-c4ccc(OC(F)(F)F)cc4)c3F)C2)c(F)c1. The fourth-order valence-electron chi connectivity index (χ4n) is 4.33. The van der Waals surface area contributed by atoms with Gasteiger partial charge in [-0.2, -0.15) is 0 Å². The second kappa shape index (κ2) is 9.76. The number of fused-ring (bicyclic) bond motifs is 1. The van der Waals surface area contributed by atoms with E-state index in [9.17, 15) is 26.3 Å². The van der Waals surface area contributed by atoms with Gasteiger partial charge in [-0.15, -0.1) is 13.2 Å². The summed E-state index contributed by atoms with van der Waals surface area (Å²) in [6.07, 6.45) is -1.22. The van der Waals surface area contributed by atoms with Crippen LogP contribution in [0, 0.1) is 23.3 Å². The van der Waals surface area contributed by atoms with Crippen LogP contribution in [0.2, 0.25) is 0 Å². The Morgan fingerprint density at radius 3 is 2.09 bits per heavy atom. The molecule has 0 spiro atoms. The molecule has 0 N–H and O–H groups in total. The molecule has 0 heterocycles. The first-order valence-electron chi connectivity index (χ1n) is 11.1. The summed E-state index contributed by atoms with van der Waals surface area (Å²) in [6.45, 7) is 1.98. The smallest absolute Gasteiger partial charge is 0.406 e. The lowest BCUT2D eigenvalue weighted by Crippen LogP contribution is -2.17. The molecule has 0 radical (unpaired) electrons. The molecule has 0 atom stereocenters. The quantitative estimate of drug-likeness (QED) is 0.313. The molecule has 0 unspecified atom stereocenters. The van der Waals surface area contributed by atoms with E-state index in [0.717, 1.165) is 43.2 Å². The molecule has 8 heteroatoms. The molecule has 0 aromatic heterocycles. The van der Waals surface area contributed by atoms with Gasteiger partial charge in [0.25, 0.3) is 0 Å². The highest BCUT2D eigenvalue weighted by molar-refractivity contribution is 5.74. The molecule has 35 heavy (non-hydrogen) atoms. The average molecular weight is 494 g/mol. The van der Waals surface area contributed by atoms with Gasteiger partial charge in [0.1, 0.15) is 29.0 Å². The van der Waals surface area contributed by atoms with Crippen molar-refractivity contribution >= 4 is 5.57 Å². The van der Waals surface area contributed by atoms with Gasteiger partial charge in [0, 0.05) is 5.56 Å². The van der Waals surface area contributed by atoms with Crippen LogP contribution in [0.15, 0.2) is 48.5 Å². The Kier molecular flexibility index (Phi) is 6.92. The van der Waals surface area contributed by atoms with Gasteiger partial charge >= 0.3 is 6.36 Å². The summed E-state index contributed by atoms with van der Waals surface area (Å²) in [5.74, 6) is -3.75. The third-order valence-electron chi connectivity index (χ3n) is 5.96. The Hall–Kier alpha value is -3.29. The normalized spacial score (nSPS) is 13.4. The fourth-order valence-corrected chi connectivity index (χ4v) is 4.33. The molecule has 3 aromatic carbocycles. The zero-order valence-electron chi connectivity index (χ0n) is 18.7. The molecule has 3 aromatic rings. The van der Waals surface area contributed by atoms with Crippen LogP contribution in [0.5, 0.6) is 5.75 Å². The van der Waals surface area contributed by atoms with Gasteiger partial charge < -0.3 is 4.74 Å². The van der Waals surface area contributed by atoms with Crippen LogP contribution in [-0.2, 0) is 19.3 Å². The van der Waals surface area contributed by atoms with E-state index in [4.69, 9.17) is 0 Å². The van der Waals surface area contributed by atoms with E-state index in [-0.39, 0.29) is 35.1 Å². The molecular weight excluding hydrogens is 473 g/mol. The second-order valence-electron chi connectivity index (χ2n) is 8.41. The standard InChI is InChI=1S/C27H21F7O/c1-2-3-4-15-11-21(28)24(22(29)12-15)17-7-10-20-18(13-17)14-23(30)25(26(20)31)16-5-8-19(9-6-16)35-27(32,33)34/h5-9,11-12,14H,2-4,10,13H2,1H3. The van der Waals surface area contributed by atoms with Crippen molar-refractivity contribution in [2.75, 3.05) is 0 Å². The van der Waals surface area contributed by atoms with Crippen LogP contribution < -0.4 is 4.74 Å². The highest BCUT2D eigenvalue weighted by atomic mass is 19.4.